The number of rotatable bonds is 4. The summed E-state index contributed by atoms with van der Waals surface area (Å²) in [5.41, 5.74) is 6.68. The minimum absolute atomic E-state index is 0.144. The van der Waals surface area contributed by atoms with Crippen molar-refractivity contribution in [2.45, 2.75) is 42.2 Å². The highest BCUT2D eigenvalue weighted by Crippen LogP contribution is 2.50. The molecule has 2 saturated heterocycles. The second kappa shape index (κ2) is 5.69. The van der Waals surface area contributed by atoms with Crippen molar-refractivity contribution >= 4 is 23.6 Å². The highest BCUT2D eigenvalue weighted by atomic mass is 32.2. The molecule has 1 unspecified atom stereocenters. The number of thioether (sulfide) groups is 1. The van der Waals surface area contributed by atoms with E-state index in [0.717, 1.165) is 5.56 Å². The maximum atomic E-state index is 12.7. The van der Waals surface area contributed by atoms with Crippen molar-refractivity contribution in [1.82, 2.24) is 4.90 Å². The van der Waals surface area contributed by atoms with Gasteiger partial charge in [0.15, 0.2) is 0 Å². The average molecular weight is 332 g/mol. The van der Waals surface area contributed by atoms with Gasteiger partial charge in [-0.1, -0.05) is 36.9 Å². The van der Waals surface area contributed by atoms with E-state index in [9.17, 15) is 9.59 Å². The molecular weight excluding hydrogens is 312 g/mol. The van der Waals surface area contributed by atoms with E-state index < -0.39 is 28.9 Å². The van der Waals surface area contributed by atoms with Crippen LogP contribution in [0.3, 0.4) is 0 Å². The molecule has 1 aromatic carbocycles. The minimum Gasteiger partial charge on any atom is -0.452 e. The first-order valence-electron chi connectivity index (χ1n) is 7.50. The van der Waals surface area contributed by atoms with Crippen LogP contribution in [0, 0.1) is 0 Å². The number of hydrogen-bond donors (Lipinski definition) is 1. The Bertz CT molecular complexity index is 646. The number of carbonyl (C=O) groups is 2. The lowest BCUT2D eigenvalue weighted by Crippen LogP contribution is -2.68. The highest BCUT2D eigenvalue weighted by Gasteiger charge is 2.63. The van der Waals surface area contributed by atoms with Crippen molar-refractivity contribution in [2.24, 2.45) is 5.73 Å². The fourth-order valence-corrected chi connectivity index (χ4v) is 4.67. The van der Waals surface area contributed by atoms with E-state index in [0.29, 0.717) is 0 Å². The molecule has 2 heterocycles. The van der Waals surface area contributed by atoms with Crippen LogP contribution < -0.4 is 5.73 Å². The molecule has 1 amide bonds. The van der Waals surface area contributed by atoms with Crippen LogP contribution in [0.4, 0.5) is 0 Å². The van der Waals surface area contributed by atoms with Gasteiger partial charge < -0.3 is 15.4 Å². The second-order valence-corrected chi connectivity index (χ2v) is 8.06. The molecule has 2 N–H and O–H groups in total. The van der Waals surface area contributed by atoms with E-state index in [1.54, 1.807) is 22.7 Å². The summed E-state index contributed by atoms with van der Waals surface area (Å²) in [6, 6.07) is 8.25. The number of β-lactam (4-membered cyclic amide) rings is 1. The SMILES string of the molecule is C=CC(OC(=O)[C@@H]1N2C(=O)[C@@H](N)[C@H]2SC1(C)C)c1ccccc1. The van der Waals surface area contributed by atoms with Crippen molar-refractivity contribution in [3.63, 3.8) is 0 Å². The number of hydrogen-bond acceptors (Lipinski definition) is 5. The molecule has 122 valence electrons. The van der Waals surface area contributed by atoms with Gasteiger partial charge in [0.25, 0.3) is 0 Å². The summed E-state index contributed by atoms with van der Waals surface area (Å²) in [4.78, 5) is 26.3. The Kier molecular flexibility index (Phi) is 3.98. The Morgan fingerprint density at radius 3 is 2.70 bits per heavy atom. The van der Waals surface area contributed by atoms with E-state index in [1.165, 1.54) is 0 Å². The van der Waals surface area contributed by atoms with Gasteiger partial charge in [0.2, 0.25) is 5.91 Å². The Morgan fingerprint density at radius 2 is 2.09 bits per heavy atom. The molecule has 2 fully saturated rings. The van der Waals surface area contributed by atoms with E-state index >= 15 is 0 Å². The van der Waals surface area contributed by atoms with Crippen LogP contribution in [0.15, 0.2) is 43.0 Å². The first-order valence-corrected chi connectivity index (χ1v) is 8.38. The largest absolute Gasteiger partial charge is 0.452 e. The molecule has 0 spiro atoms. The number of ether oxygens (including phenoxy) is 1. The molecule has 3 rings (SSSR count). The number of nitrogens with zero attached hydrogens (tertiary/aromatic N) is 1. The molecule has 1 aromatic rings. The summed E-state index contributed by atoms with van der Waals surface area (Å²) < 4.78 is 5.20. The van der Waals surface area contributed by atoms with Gasteiger partial charge >= 0.3 is 5.97 Å². The van der Waals surface area contributed by atoms with Gasteiger partial charge in [-0.05, 0) is 25.5 Å². The fourth-order valence-electron chi connectivity index (χ4n) is 3.11. The molecule has 4 atom stereocenters. The van der Waals surface area contributed by atoms with Crippen LogP contribution in [-0.2, 0) is 14.3 Å². The summed E-state index contributed by atoms with van der Waals surface area (Å²) >= 11 is 1.55. The summed E-state index contributed by atoms with van der Waals surface area (Å²) in [6.45, 7) is 7.62. The third kappa shape index (κ3) is 2.56. The molecule has 5 nitrogen and oxygen atoms in total. The van der Waals surface area contributed by atoms with Crippen LogP contribution in [0.25, 0.3) is 0 Å². The summed E-state index contributed by atoms with van der Waals surface area (Å²) in [5.74, 6) is -0.608. The van der Waals surface area contributed by atoms with Crippen LogP contribution >= 0.6 is 11.8 Å². The molecular formula is C17H20N2O3S. The number of carbonyl (C=O) groups excluding carboxylic acids is 2. The van der Waals surface area contributed by atoms with Gasteiger partial charge in [-0.25, -0.2) is 4.79 Å². The Labute approximate surface area is 139 Å². The predicted molar refractivity (Wildman–Crippen MR) is 89.5 cm³/mol. The lowest BCUT2D eigenvalue weighted by Gasteiger charge is -2.42. The molecule has 23 heavy (non-hydrogen) atoms. The summed E-state index contributed by atoms with van der Waals surface area (Å²) in [7, 11) is 0. The van der Waals surface area contributed by atoms with Crippen molar-refractivity contribution in [3.8, 4) is 0 Å². The third-order valence-corrected chi connectivity index (χ3v) is 5.88. The normalized spacial score (nSPS) is 29.4. The Morgan fingerprint density at radius 1 is 1.43 bits per heavy atom. The fraction of sp³-hybridized carbons (Fsp3) is 0.412. The molecule has 6 heteroatoms. The van der Waals surface area contributed by atoms with Gasteiger partial charge in [0.1, 0.15) is 23.6 Å². The number of nitrogens with two attached hydrogens (primary N) is 1. The highest BCUT2D eigenvalue weighted by molar-refractivity contribution is 8.01. The van der Waals surface area contributed by atoms with Crippen LogP contribution in [0.2, 0.25) is 0 Å². The van der Waals surface area contributed by atoms with Gasteiger partial charge in [-0.2, -0.15) is 0 Å². The van der Waals surface area contributed by atoms with E-state index in [-0.39, 0.29) is 11.3 Å². The molecule has 0 aliphatic carbocycles. The smallest absolute Gasteiger partial charge is 0.331 e. The Hall–Kier alpha value is -1.79. The predicted octanol–water partition coefficient (Wildman–Crippen LogP) is 1.85. The number of amides is 1. The maximum absolute atomic E-state index is 12.7. The van der Waals surface area contributed by atoms with Gasteiger partial charge in [0, 0.05) is 4.75 Å². The van der Waals surface area contributed by atoms with E-state index in [1.807, 2.05) is 44.2 Å². The molecule has 0 aromatic heterocycles. The van der Waals surface area contributed by atoms with Crippen molar-refractivity contribution < 1.29 is 14.3 Å². The van der Waals surface area contributed by atoms with Crippen LogP contribution in [0.5, 0.6) is 0 Å². The van der Waals surface area contributed by atoms with Gasteiger partial charge in [0.05, 0.1) is 0 Å². The van der Waals surface area contributed by atoms with Crippen LogP contribution in [-0.4, -0.2) is 39.0 Å². The minimum atomic E-state index is -0.629. The number of benzene rings is 1. The van der Waals surface area contributed by atoms with Crippen molar-refractivity contribution in [3.05, 3.63) is 48.6 Å². The van der Waals surface area contributed by atoms with Crippen molar-refractivity contribution in [2.75, 3.05) is 0 Å². The lowest BCUT2D eigenvalue weighted by atomic mass is 9.96. The maximum Gasteiger partial charge on any atom is 0.331 e. The third-order valence-electron chi connectivity index (χ3n) is 4.29. The molecule has 2 aliphatic heterocycles. The van der Waals surface area contributed by atoms with Gasteiger partial charge in [-0.3, -0.25) is 4.79 Å². The first-order chi connectivity index (χ1) is 10.9. The van der Waals surface area contributed by atoms with Crippen LogP contribution in [0.1, 0.15) is 25.5 Å². The first kappa shape index (κ1) is 16.1. The second-order valence-electron chi connectivity index (χ2n) is 6.29. The number of esters is 1. The molecule has 0 saturated carbocycles. The topological polar surface area (TPSA) is 72.6 Å². The Balaban J connectivity index is 1.80. The molecule has 2 aliphatic rings. The standard InChI is InChI=1S/C17H20N2O3S/c1-4-11(10-8-6-5-7-9-10)22-16(21)13-17(2,3)23-15-12(18)14(20)19(13)15/h4-9,11-13,15H,1,18H2,2-3H3/t11?,12-,13+,15-/m1/s1. The molecule has 0 radical (unpaired) electrons. The van der Waals surface area contributed by atoms with E-state index in [2.05, 4.69) is 6.58 Å². The zero-order valence-electron chi connectivity index (χ0n) is 13.1. The number of fused-ring (bicyclic) bond motifs is 1. The summed E-state index contributed by atoms with van der Waals surface area (Å²) in [6.07, 6.45) is 1.05. The average Bonchev–Trinajstić information content (AvgIpc) is 2.81. The summed E-state index contributed by atoms with van der Waals surface area (Å²) in [5, 5.41) is -0.144. The molecule has 0 bridgehead atoms. The monoisotopic (exact) mass is 332 g/mol. The lowest BCUT2D eigenvalue weighted by molar-refractivity contribution is -0.165. The van der Waals surface area contributed by atoms with Gasteiger partial charge in [-0.15, -0.1) is 11.8 Å². The van der Waals surface area contributed by atoms with E-state index in [4.69, 9.17) is 10.5 Å². The zero-order valence-corrected chi connectivity index (χ0v) is 14.0. The van der Waals surface area contributed by atoms with Crippen molar-refractivity contribution in [1.29, 1.82) is 0 Å². The zero-order chi connectivity index (χ0) is 16.8. The quantitative estimate of drug-likeness (QED) is 0.517.